The van der Waals surface area contributed by atoms with E-state index in [2.05, 4.69) is 5.32 Å². The molecule has 0 aliphatic carbocycles. The molecule has 0 radical (unpaired) electrons. The van der Waals surface area contributed by atoms with E-state index in [-0.39, 0.29) is 29.1 Å². The van der Waals surface area contributed by atoms with Crippen molar-refractivity contribution in [2.75, 3.05) is 10.8 Å². The Labute approximate surface area is 257 Å². The summed E-state index contributed by atoms with van der Waals surface area (Å²) in [4.78, 5) is 28.5. The number of carbonyl (C=O) groups excluding carboxylic acids is 2. The highest BCUT2D eigenvalue weighted by atomic mass is 35.5. The molecule has 41 heavy (non-hydrogen) atoms. The van der Waals surface area contributed by atoms with Gasteiger partial charge in [-0.15, -0.1) is 0 Å². The van der Waals surface area contributed by atoms with Crippen LogP contribution in [0.1, 0.15) is 43.9 Å². The molecular formula is C30H34Cl3N3O4S. The molecule has 1 N–H and O–H groups in total. The van der Waals surface area contributed by atoms with Crippen molar-refractivity contribution in [3.05, 3.63) is 92.4 Å². The van der Waals surface area contributed by atoms with E-state index < -0.39 is 28.5 Å². The SMILES string of the molecule is CC[C@@H](C)NC(=O)[C@H](C)N(Cc1ccc(Cl)cc1Cl)C(=O)CN(c1ccc(C)c(Cl)c1)S(=O)(=O)c1ccc(C)cc1. The van der Waals surface area contributed by atoms with Gasteiger partial charge in [0.1, 0.15) is 12.6 Å². The molecule has 0 spiro atoms. The van der Waals surface area contributed by atoms with E-state index in [0.29, 0.717) is 27.1 Å². The van der Waals surface area contributed by atoms with E-state index in [1.54, 1.807) is 56.3 Å². The zero-order chi connectivity index (χ0) is 30.5. The second-order valence-electron chi connectivity index (χ2n) is 10.0. The Kier molecular flexibility index (Phi) is 11.1. The lowest BCUT2D eigenvalue weighted by Crippen LogP contribution is -2.52. The van der Waals surface area contributed by atoms with Crippen LogP contribution in [0.4, 0.5) is 5.69 Å². The summed E-state index contributed by atoms with van der Waals surface area (Å²) in [6.07, 6.45) is 0.701. The molecule has 220 valence electrons. The van der Waals surface area contributed by atoms with Crippen LogP contribution in [0, 0.1) is 13.8 Å². The van der Waals surface area contributed by atoms with Gasteiger partial charge >= 0.3 is 0 Å². The molecule has 0 bridgehead atoms. The van der Waals surface area contributed by atoms with Crippen molar-refractivity contribution in [2.45, 2.75) is 64.6 Å². The van der Waals surface area contributed by atoms with E-state index in [0.717, 1.165) is 15.4 Å². The fourth-order valence-electron chi connectivity index (χ4n) is 3.98. The highest BCUT2D eigenvalue weighted by molar-refractivity contribution is 7.92. The average molecular weight is 639 g/mol. The van der Waals surface area contributed by atoms with Crippen LogP contribution in [-0.2, 0) is 26.2 Å². The Morgan fingerprint density at radius 3 is 2.15 bits per heavy atom. The molecule has 0 unspecified atom stereocenters. The van der Waals surface area contributed by atoms with Crippen LogP contribution in [0.5, 0.6) is 0 Å². The average Bonchev–Trinajstić information content (AvgIpc) is 2.92. The van der Waals surface area contributed by atoms with Gasteiger partial charge in [0.05, 0.1) is 10.6 Å². The highest BCUT2D eigenvalue weighted by Gasteiger charge is 2.33. The van der Waals surface area contributed by atoms with Crippen LogP contribution in [-0.4, -0.2) is 43.8 Å². The fraction of sp³-hybridized carbons (Fsp3) is 0.333. The molecule has 3 aromatic carbocycles. The predicted molar refractivity (Wildman–Crippen MR) is 166 cm³/mol. The van der Waals surface area contributed by atoms with E-state index in [1.165, 1.54) is 23.1 Å². The summed E-state index contributed by atoms with van der Waals surface area (Å²) >= 11 is 18.9. The number of benzene rings is 3. The fourth-order valence-corrected chi connectivity index (χ4v) is 6.03. The molecule has 3 rings (SSSR count). The summed E-state index contributed by atoms with van der Waals surface area (Å²) in [5, 5.41) is 3.99. The first kappa shape index (κ1) is 32.7. The number of rotatable bonds is 11. The van der Waals surface area contributed by atoms with Gasteiger partial charge < -0.3 is 10.2 Å². The number of amides is 2. The first-order valence-electron chi connectivity index (χ1n) is 13.1. The van der Waals surface area contributed by atoms with Crippen molar-refractivity contribution >= 4 is 62.3 Å². The largest absolute Gasteiger partial charge is 0.352 e. The van der Waals surface area contributed by atoms with Crippen LogP contribution in [0.25, 0.3) is 0 Å². The molecule has 2 atom stereocenters. The zero-order valence-corrected chi connectivity index (χ0v) is 26.7. The molecule has 7 nitrogen and oxygen atoms in total. The molecule has 0 saturated heterocycles. The Balaban J connectivity index is 2.07. The predicted octanol–water partition coefficient (Wildman–Crippen LogP) is 6.79. The molecule has 0 aromatic heterocycles. The van der Waals surface area contributed by atoms with Crippen molar-refractivity contribution in [1.82, 2.24) is 10.2 Å². The summed E-state index contributed by atoms with van der Waals surface area (Å²) in [6, 6.07) is 15.0. The van der Waals surface area contributed by atoms with Gasteiger partial charge in [0.25, 0.3) is 10.0 Å². The van der Waals surface area contributed by atoms with Gasteiger partial charge in [0, 0.05) is 27.7 Å². The maximum Gasteiger partial charge on any atom is 0.264 e. The quantitative estimate of drug-likeness (QED) is 0.251. The van der Waals surface area contributed by atoms with Crippen LogP contribution in [0.3, 0.4) is 0 Å². The van der Waals surface area contributed by atoms with Gasteiger partial charge in [-0.2, -0.15) is 0 Å². The topological polar surface area (TPSA) is 86.8 Å². The van der Waals surface area contributed by atoms with Crippen molar-refractivity contribution in [3.63, 3.8) is 0 Å². The minimum absolute atomic E-state index is 0.0162. The standard InChI is InChI=1S/C30H34Cl3N3O4S/c1-6-21(4)34-30(38)22(5)35(17-23-10-11-24(31)15-28(23)33)29(37)18-36(25-12-9-20(3)27(32)16-25)41(39,40)26-13-7-19(2)8-14-26/h7-16,21-22H,6,17-18H2,1-5H3,(H,34,38)/t21-,22+/m1/s1. The molecule has 11 heteroatoms. The molecule has 2 amide bonds. The van der Waals surface area contributed by atoms with Crippen LogP contribution >= 0.6 is 34.8 Å². The maximum absolute atomic E-state index is 14.0. The van der Waals surface area contributed by atoms with Crippen molar-refractivity contribution in [3.8, 4) is 0 Å². The summed E-state index contributed by atoms with van der Waals surface area (Å²) in [5.74, 6) is -0.973. The summed E-state index contributed by atoms with van der Waals surface area (Å²) < 4.78 is 28.9. The number of halogens is 3. The minimum Gasteiger partial charge on any atom is -0.352 e. The second kappa shape index (κ2) is 13.9. The summed E-state index contributed by atoms with van der Waals surface area (Å²) in [6.45, 7) is 8.42. The lowest BCUT2D eigenvalue weighted by molar-refractivity contribution is -0.139. The summed E-state index contributed by atoms with van der Waals surface area (Å²) in [5.41, 5.74) is 2.41. The summed E-state index contributed by atoms with van der Waals surface area (Å²) in [7, 11) is -4.20. The van der Waals surface area contributed by atoms with E-state index in [1.807, 2.05) is 20.8 Å². The van der Waals surface area contributed by atoms with Gasteiger partial charge in [0.2, 0.25) is 11.8 Å². The molecule has 0 aliphatic heterocycles. The number of carbonyl (C=O) groups is 2. The number of nitrogens with one attached hydrogen (secondary N) is 1. The molecule has 0 heterocycles. The Hall–Kier alpha value is -2.78. The van der Waals surface area contributed by atoms with Crippen LogP contribution in [0.15, 0.2) is 65.6 Å². The van der Waals surface area contributed by atoms with Crippen molar-refractivity contribution in [1.29, 1.82) is 0 Å². The van der Waals surface area contributed by atoms with Crippen molar-refractivity contribution < 1.29 is 18.0 Å². The minimum atomic E-state index is -4.20. The Morgan fingerprint density at radius 1 is 0.902 bits per heavy atom. The number of nitrogens with zero attached hydrogens (tertiary/aromatic N) is 2. The number of anilines is 1. The molecule has 0 fully saturated rings. The molecule has 3 aromatic rings. The first-order chi connectivity index (χ1) is 19.2. The second-order valence-corrected chi connectivity index (χ2v) is 13.1. The number of aryl methyl sites for hydroxylation is 2. The Morgan fingerprint density at radius 2 is 1.56 bits per heavy atom. The zero-order valence-electron chi connectivity index (χ0n) is 23.6. The third-order valence-corrected chi connectivity index (χ3v) is 9.64. The molecule has 0 saturated carbocycles. The van der Waals surface area contributed by atoms with Gasteiger partial charge in [-0.1, -0.05) is 71.6 Å². The number of hydrogen-bond acceptors (Lipinski definition) is 4. The van der Waals surface area contributed by atoms with Gasteiger partial charge in [0.15, 0.2) is 0 Å². The van der Waals surface area contributed by atoms with E-state index in [4.69, 9.17) is 34.8 Å². The molecular weight excluding hydrogens is 605 g/mol. The van der Waals surface area contributed by atoms with Crippen LogP contribution < -0.4 is 9.62 Å². The third-order valence-electron chi connectivity index (χ3n) is 6.86. The van der Waals surface area contributed by atoms with Crippen LogP contribution in [0.2, 0.25) is 15.1 Å². The van der Waals surface area contributed by atoms with Gasteiger partial charge in [-0.3, -0.25) is 13.9 Å². The number of hydrogen-bond donors (Lipinski definition) is 1. The van der Waals surface area contributed by atoms with Crippen molar-refractivity contribution in [2.24, 2.45) is 0 Å². The Bertz CT molecular complexity index is 1510. The smallest absolute Gasteiger partial charge is 0.264 e. The third kappa shape index (κ3) is 8.16. The van der Waals surface area contributed by atoms with Gasteiger partial charge in [-0.05, 0) is 81.6 Å². The molecule has 0 aliphatic rings. The lowest BCUT2D eigenvalue weighted by Gasteiger charge is -2.32. The lowest BCUT2D eigenvalue weighted by atomic mass is 10.1. The normalized spacial score (nSPS) is 12.9. The number of sulfonamides is 1. The van der Waals surface area contributed by atoms with E-state index in [9.17, 15) is 18.0 Å². The highest BCUT2D eigenvalue weighted by Crippen LogP contribution is 2.29. The van der Waals surface area contributed by atoms with Gasteiger partial charge in [-0.25, -0.2) is 8.42 Å². The maximum atomic E-state index is 14.0. The first-order valence-corrected chi connectivity index (χ1v) is 15.7. The van der Waals surface area contributed by atoms with E-state index >= 15 is 0 Å². The monoisotopic (exact) mass is 637 g/mol.